The van der Waals surface area contributed by atoms with E-state index in [1.165, 1.54) is 38.2 Å². The van der Waals surface area contributed by atoms with Gasteiger partial charge >= 0.3 is 0 Å². The SMILES string of the molecule is CCOc1ccc(CN2CCC(N3CCNCC3)C2)cc1OC. The Bertz CT molecular complexity index is 503. The van der Waals surface area contributed by atoms with Gasteiger partial charge in [-0.25, -0.2) is 0 Å². The van der Waals surface area contributed by atoms with Gasteiger partial charge in [0.2, 0.25) is 0 Å². The number of piperazine rings is 1. The zero-order valence-electron chi connectivity index (χ0n) is 14.4. The van der Waals surface area contributed by atoms with Crippen molar-refractivity contribution in [2.45, 2.75) is 25.9 Å². The zero-order chi connectivity index (χ0) is 16.1. The number of benzene rings is 1. The highest BCUT2D eigenvalue weighted by molar-refractivity contribution is 5.43. The maximum Gasteiger partial charge on any atom is 0.161 e. The van der Waals surface area contributed by atoms with Crippen molar-refractivity contribution in [3.8, 4) is 11.5 Å². The van der Waals surface area contributed by atoms with Crippen molar-refractivity contribution in [3.63, 3.8) is 0 Å². The molecular weight excluding hydrogens is 290 g/mol. The molecule has 2 aliphatic heterocycles. The van der Waals surface area contributed by atoms with Crippen LogP contribution in [0.4, 0.5) is 0 Å². The van der Waals surface area contributed by atoms with Crippen LogP contribution in [0.15, 0.2) is 18.2 Å². The van der Waals surface area contributed by atoms with Gasteiger partial charge in [-0.15, -0.1) is 0 Å². The molecule has 0 spiro atoms. The fourth-order valence-electron chi connectivity index (χ4n) is 3.64. The normalized spacial score (nSPS) is 23.1. The van der Waals surface area contributed by atoms with E-state index in [4.69, 9.17) is 9.47 Å². The number of likely N-dealkylation sites (tertiary alicyclic amines) is 1. The van der Waals surface area contributed by atoms with E-state index in [-0.39, 0.29) is 0 Å². The molecule has 1 atom stereocenters. The molecule has 128 valence electrons. The van der Waals surface area contributed by atoms with Crippen LogP contribution >= 0.6 is 0 Å². The third-order valence-electron chi connectivity index (χ3n) is 4.85. The molecule has 1 unspecified atom stereocenters. The number of nitrogens with zero attached hydrogens (tertiary/aromatic N) is 2. The molecule has 1 aromatic rings. The summed E-state index contributed by atoms with van der Waals surface area (Å²) in [5, 5.41) is 3.44. The van der Waals surface area contributed by atoms with E-state index in [0.29, 0.717) is 6.61 Å². The van der Waals surface area contributed by atoms with Gasteiger partial charge in [0, 0.05) is 51.9 Å². The van der Waals surface area contributed by atoms with Crippen LogP contribution < -0.4 is 14.8 Å². The molecule has 1 aromatic carbocycles. The summed E-state index contributed by atoms with van der Waals surface area (Å²) >= 11 is 0. The third kappa shape index (κ3) is 4.16. The van der Waals surface area contributed by atoms with Gasteiger partial charge in [-0.05, 0) is 31.0 Å². The molecule has 2 aliphatic rings. The smallest absolute Gasteiger partial charge is 0.161 e. The van der Waals surface area contributed by atoms with E-state index in [9.17, 15) is 0 Å². The largest absolute Gasteiger partial charge is 0.493 e. The number of methoxy groups -OCH3 is 1. The van der Waals surface area contributed by atoms with E-state index < -0.39 is 0 Å². The van der Waals surface area contributed by atoms with Crippen LogP contribution in [-0.4, -0.2) is 68.8 Å². The van der Waals surface area contributed by atoms with Gasteiger partial charge in [-0.1, -0.05) is 6.07 Å². The minimum atomic E-state index is 0.661. The number of rotatable bonds is 6. The van der Waals surface area contributed by atoms with Gasteiger partial charge in [-0.3, -0.25) is 9.80 Å². The minimum absolute atomic E-state index is 0.661. The second-order valence-electron chi connectivity index (χ2n) is 6.38. The molecule has 1 N–H and O–H groups in total. The topological polar surface area (TPSA) is 37.0 Å². The third-order valence-corrected chi connectivity index (χ3v) is 4.85. The van der Waals surface area contributed by atoms with Crippen molar-refractivity contribution >= 4 is 0 Å². The molecule has 2 fully saturated rings. The molecule has 23 heavy (non-hydrogen) atoms. The summed E-state index contributed by atoms with van der Waals surface area (Å²) in [5.74, 6) is 1.67. The van der Waals surface area contributed by atoms with Crippen molar-refractivity contribution in [2.24, 2.45) is 0 Å². The molecule has 5 heteroatoms. The molecule has 2 heterocycles. The Kier molecular flexibility index (Phi) is 5.75. The predicted molar refractivity (Wildman–Crippen MR) is 92.3 cm³/mol. The van der Waals surface area contributed by atoms with E-state index in [0.717, 1.165) is 37.2 Å². The van der Waals surface area contributed by atoms with Gasteiger partial charge in [0.1, 0.15) is 0 Å². The minimum Gasteiger partial charge on any atom is -0.493 e. The Labute approximate surface area is 139 Å². The van der Waals surface area contributed by atoms with Crippen LogP contribution in [0.2, 0.25) is 0 Å². The standard InChI is InChI=1S/C18H29N3O2/c1-3-23-17-5-4-15(12-18(17)22-2)13-20-9-6-16(14-20)21-10-7-19-8-11-21/h4-5,12,16,19H,3,6-11,13-14H2,1-2H3. The van der Waals surface area contributed by atoms with Crippen molar-refractivity contribution in [3.05, 3.63) is 23.8 Å². The van der Waals surface area contributed by atoms with Crippen LogP contribution in [0.1, 0.15) is 18.9 Å². The maximum absolute atomic E-state index is 5.60. The summed E-state index contributed by atoms with van der Waals surface area (Å²) in [7, 11) is 1.71. The zero-order valence-corrected chi connectivity index (χ0v) is 14.4. The molecular formula is C18H29N3O2. The van der Waals surface area contributed by atoms with E-state index in [1.807, 2.05) is 13.0 Å². The predicted octanol–water partition coefficient (Wildman–Crippen LogP) is 1.57. The first-order valence-corrected chi connectivity index (χ1v) is 8.77. The summed E-state index contributed by atoms with van der Waals surface area (Å²) in [4.78, 5) is 5.21. The Morgan fingerprint density at radius 3 is 2.74 bits per heavy atom. The van der Waals surface area contributed by atoms with Crippen molar-refractivity contribution in [1.29, 1.82) is 0 Å². The van der Waals surface area contributed by atoms with E-state index in [1.54, 1.807) is 7.11 Å². The summed E-state index contributed by atoms with van der Waals surface area (Å²) in [6.45, 7) is 10.6. The number of hydrogen-bond donors (Lipinski definition) is 1. The molecule has 0 aromatic heterocycles. The Balaban J connectivity index is 1.57. The number of nitrogens with one attached hydrogen (secondary N) is 1. The highest BCUT2D eigenvalue weighted by Crippen LogP contribution is 2.29. The molecule has 0 aliphatic carbocycles. The summed E-state index contributed by atoms with van der Waals surface area (Å²) in [6, 6.07) is 7.03. The highest BCUT2D eigenvalue weighted by atomic mass is 16.5. The quantitative estimate of drug-likeness (QED) is 0.861. The van der Waals surface area contributed by atoms with Crippen molar-refractivity contribution in [2.75, 3.05) is 53.0 Å². The summed E-state index contributed by atoms with van der Waals surface area (Å²) < 4.78 is 11.1. The van der Waals surface area contributed by atoms with Crippen LogP contribution in [0.3, 0.4) is 0 Å². The van der Waals surface area contributed by atoms with Gasteiger partial charge in [0.15, 0.2) is 11.5 Å². The van der Waals surface area contributed by atoms with Gasteiger partial charge in [0.25, 0.3) is 0 Å². The lowest BCUT2D eigenvalue weighted by Gasteiger charge is -2.32. The van der Waals surface area contributed by atoms with Gasteiger partial charge in [0.05, 0.1) is 13.7 Å². The Morgan fingerprint density at radius 2 is 2.00 bits per heavy atom. The lowest BCUT2D eigenvalue weighted by atomic mass is 10.2. The molecule has 0 amide bonds. The number of hydrogen-bond acceptors (Lipinski definition) is 5. The van der Waals surface area contributed by atoms with E-state index >= 15 is 0 Å². The number of ether oxygens (including phenoxy) is 2. The second-order valence-corrected chi connectivity index (χ2v) is 6.38. The molecule has 0 saturated carbocycles. The molecule has 0 radical (unpaired) electrons. The lowest BCUT2D eigenvalue weighted by molar-refractivity contribution is 0.170. The molecule has 0 bridgehead atoms. The Hall–Kier alpha value is -1.30. The fourth-order valence-corrected chi connectivity index (χ4v) is 3.64. The van der Waals surface area contributed by atoms with Crippen LogP contribution in [0.5, 0.6) is 11.5 Å². The average molecular weight is 319 g/mol. The van der Waals surface area contributed by atoms with Gasteiger partial charge in [-0.2, -0.15) is 0 Å². The lowest BCUT2D eigenvalue weighted by Crippen LogP contribution is -2.49. The first-order valence-electron chi connectivity index (χ1n) is 8.77. The maximum atomic E-state index is 5.60. The molecule has 2 saturated heterocycles. The van der Waals surface area contributed by atoms with Crippen molar-refractivity contribution < 1.29 is 9.47 Å². The molecule has 3 rings (SSSR count). The van der Waals surface area contributed by atoms with Crippen LogP contribution in [0, 0.1) is 0 Å². The Morgan fingerprint density at radius 1 is 1.17 bits per heavy atom. The van der Waals surface area contributed by atoms with Crippen LogP contribution in [-0.2, 0) is 6.54 Å². The first-order chi connectivity index (χ1) is 11.3. The van der Waals surface area contributed by atoms with Crippen LogP contribution in [0.25, 0.3) is 0 Å². The van der Waals surface area contributed by atoms with E-state index in [2.05, 4.69) is 27.2 Å². The summed E-state index contributed by atoms with van der Waals surface area (Å²) in [5.41, 5.74) is 1.30. The van der Waals surface area contributed by atoms with Gasteiger partial charge < -0.3 is 14.8 Å². The highest BCUT2D eigenvalue weighted by Gasteiger charge is 2.28. The average Bonchev–Trinajstić information content (AvgIpc) is 3.06. The fraction of sp³-hybridized carbons (Fsp3) is 0.667. The monoisotopic (exact) mass is 319 g/mol. The molecule has 5 nitrogen and oxygen atoms in total. The second kappa shape index (κ2) is 7.99. The first kappa shape index (κ1) is 16.6. The van der Waals surface area contributed by atoms with Crippen molar-refractivity contribution in [1.82, 2.24) is 15.1 Å². The summed E-state index contributed by atoms with van der Waals surface area (Å²) in [6.07, 6.45) is 1.29.